The molecule has 2 aliphatic heterocycles. The Morgan fingerprint density at radius 3 is 2.73 bits per heavy atom. The lowest BCUT2D eigenvalue weighted by Gasteiger charge is -2.27. The lowest BCUT2D eigenvalue weighted by molar-refractivity contribution is 0.0103. The molecule has 0 spiro atoms. The van der Waals surface area contributed by atoms with E-state index in [-0.39, 0.29) is 24.3 Å². The van der Waals surface area contributed by atoms with E-state index < -0.39 is 0 Å². The van der Waals surface area contributed by atoms with Gasteiger partial charge in [-0.05, 0) is 32.1 Å². The van der Waals surface area contributed by atoms with Gasteiger partial charge in [-0.3, -0.25) is 0 Å². The van der Waals surface area contributed by atoms with Crippen LogP contribution in [0.1, 0.15) is 32.1 Å². The van der Waals surface area contributed by atoms with E-state index in [4.69, 9.17) is 9.47 Å². The number of nitrogens with zero attached hydrogens (tertiary/aromatic N) is 1. The second-order valence-electron chi connectivity index (χ2n) is 4.79. The van der Waals surface area contributed by atoms with Gasteiger partial charge in [0.05, 0.1) is 25.3 Å². The molecule has 1 aliphatic carbocycles. The molecule has 2 unspecified atom stereocenters. The minimum absolute atomic E-state index is 0.113. The molecule has 0 aromatic heterocycles. The van der Waals surface area contributed by atoms with Crippen molar-refractivity contribution in [2.24, 2.45) is 0 Å². The topological polar surface area (TPSA) is 38.8 Å². The zero-order valence-corrected chi connectivity index (χ0v) is 8.85. The van der Waals surface area contributed by atoms with Crippen LogP contribution in [0.15, 0.2) is 0 Å². The first-order valence-corrected chi connectivity index (χ1v) is 5.92. The summed E-state index contributed by atoms with van der Waals surface area (Å²) in [6, 6.07) is 0.281. The number of hydrogen-bond donors (Lipinski definition) is 0. The van der Waals surface area contributed by atoms with Crippen LogP contribution in [0.2, 0.25) is 0 Å². The van der Waals surface area contributed by atoms with E-state index in [1.54, 1.807) is 0 Å². The van der Waals surface area contributed by atoms with Crippen LogP contribution < -0.4 is 0 Å². The second kappa shape index (κ2) is 3.67. The molecule has 4 nitrogen and oxygen atoms in total. The van der Waals surface area contributed by atoms with Gasteiger partial charge in [0, 0.05) is 0 Å². The Balaban J connectivity index is 1.56. The summed E-state index contributed by atoms with van der Waals surface area (Å²) in [5.41, 5.74) is 0. The summed E-state index contributed by atoms with van der Waals surface area (Å²) in [4.78, 5) is 13.7. The van der Waals surface area contributed by atoms with Gasteiger partial charge in [-0.2, -0.15) is 0 Å². The minimum Gasteiger partial charge on any atom is -0.446 e. The van der Waals surface area contributed by atoms with Crippen LogP contribution >= 0.6 is 0 Å². The zero-order valence-electron chi connectivity index (χ0n) is 8.85. The number of carbonyl (C=O) groups is 1. The standard InChI is InChI=1S/C11H17NO3/c13-11(15-9-3-1-2-4-9)12-6-10-5-8(12)7-14-10/h8-10H,1-7H2. The van der Waals surface area contributed by atoms with E-state index in [2.05, 4.69) is 0 Å². The van der Waals surface area contributed by atoms with E-state index in [1.807, 2.05) is 4.90 Å². The Morgan fingerprint density at radius 2 is 2.13 bits per heavy atom. The molecule has 3 aliphatic rings. The molecule has 0 N–H and O–H groups in total. The fourth-order valence-corrected chi connectivity index (χ4v) is 2.84. The first-order chi connectivity index (χ1) is 7.33. The third-order valence-corrected chi connectivity index (χ3v) is 3.70. The maximum atomic E-state index is 11.8. The van der Waals surface area contributed by atoms with E-state index in [0.29, 0.717) is 6.61 Å². The quantitative estimate of drug-likeness (QED) is 0.660. The van der Waals surface area contributed by atoms with Crippen molar-refractivity contribution in [1.29, 1.82) is 0 Å². The van der Waals surface area contributed by atoms with Gasteiger partial charge in [0.25, 0.3) is 0 Å². The average Bonchev–Trinajstić information content (AvgIpc) is 2.93. The molecule has 2 atom stereocenters. The first kappa shape index (κ1) is 9.46. The normalized spacial score (nSPS) is 35.1. The van der Waals surface area contributed by atoms with Crippen molar-refractivity contribution in [2.75, 3.05) is 13.2 Å². The summed E-state index contributed by atoms with van der Waals surface area (Å²) in [5.74, 6) is 0. The average molecular weight is 211 g/mol. The Kier molecular flexibility index (Phi) is 2.31. The number of hydrogen-bond acceptors (Lipinski definition) is 3. The van der Waals surface area contributed by atoms with Crippen molar-refractivity contribution in [1.82, 2.24) is 4.90 Å². The van der Waals surface area contributed by atoms with Gasteiger partial charge in [-0.25, -0.2) is 4.79 Å². The predicted molar refractivity (Wildman–Crippen MR) is 53.6 cm³/mol. The smallest absolute Gasteiger partial charge is 0.410 e. The molecule has 0 radical (unpaired) electrons. The second-order valence-corrected chi connectivity index (χ2v) is 4.79. The monoisotopic (exact) mass is 211 g/mol. The van der Waals surface area contributed by atoms with Gasteiger partial charge in [0.2, 0.25) is 0 Å². The van der Waals surface area contributed by atoms with E-state index in [9.17, 15) is 4.79 Å². The third kappa shape index (κ3) is 1.71. The molecular weight excluding hydrogens is 194 g/mol. The fourth-order valence-electron chi connectivity index (χ4n) is 2.84. The highest BCUT2D eigenvalue weighted by molar-refractivity contribution is 5.69. The number of ether oxygens (including phenoxy) is 2. The molecule has 84 valence electrons. The Bertz CT molecular complexity index is 263. The first-order valence-electron chi connectivity index (χ1n) is 5.92. The minimum atomic E-state index is -0.113. The van der Waals surface area contributed by atoms with Gasteiger partial charge in [-0.1, -0.05) is 0 Å². The lowest BCUT2D eigenvalue weighted by atomic mass is 10.2. The number of rotatable bonds is 1. The molecule has 4 heteroatoms. The van der Waals surface area contributed by atoms with Crippen LogP contribution in [0, 0.1) is 0 Å². The molecular formula is C11H17NO3. The van der Waals surface area contributed by atoms with Gasteiger partial charge in [-0.15, -0.1) is 0 Å². The van der Waals surface area contributed by atoms with Crippen LogP contribution in [-0.4, -0.2) is 42.4 Å². The third-order valence-electron chi connectivity index (χ3n) is 3.70. The highest BCUT2D eigenvalue weighted by Gasteiger charge is 2.42. The van der Waals surface area contributed by atoms with Gasteiger partial charge in [0.15, 0.2) is 0 Å². The van der Waals surface area contributed by atoms with E-state index in [1.165, 1.54) is 12.8 Å². The van der Waals surface area contributed by atoms with Crippen LogP contribution in [0.3, 0.4) is 0 Å². The molecule has 1 amide bonds. The molecule has 3 rings (SSSR count). The molecule has 2 heterocycles. The maximum Gasteiger partial charge on any atom is 0.410 e. The van der Waals surface area contributed by atoms with Crippen molar-refractivity contribution in [3.8, 4) is 0 Å². The summed E-state index contributed by atoms with van der Waals surface area (Å²) in [7, 11) is 0. The summed E-state index contributed by atoms with van der Waals surface area (Å²) in [5, 5.41) is 0. The van der Waals surface area contributed by atoms with Crippen LogP contribution in [-0.2, 0) is 9.47 Å². The summed E-state index contributed by atoms with van der Waals surface area (Å²) < 4.78 is 10.9. The number of carbonyl (C=O) groups excluding carboxylic acids is 1. The molecule has 15 heavy (non-hydrogen) atoms. The van der Waals surface area contributed by atoms with Crippen LogP contribution in [0.5, 0.6) is 0 Å². The van der Waals surface area contributed by atoms with Crippen molar-refractivity contribution < 1.29 is 14.3 Å². The van der Waals surface area contributed by atoms with Crippen molar-refractivity contribution in [3.05, 3.63) is 0 Å². The molecule has 1 saturated carbocycles. The van der Waals surface area contributed by atoms with Crippen molar-refractivity contribution in [2.45, 2.75) is 50.4 Å². The van der Waals surface area contributed by atoms with Crippen LogP contribution in [0.25, 0.3) is 0 Å². The zero-order chi connectivity index (χ0) is 10.3. The molecule has 2 saturated heterocycles. The van der Waals surface area contributed by atoms with Gasteiger partial charge >= 0.3 is 6.09 Å². The highest BCUT2D eigenvalue weighted by Crippen LogP contribution is 2.29. The molecule has 3 fully saturated rings. The Labute approximate surface area is 89.5 Å². The highest BCUT2D eigenvalue weighted by atomic mass is 16.6. The lowest BCUT2D eigenvalue weighted by Crippen LogP contribution is -2.42. The van der Waals surface area contributed by atoms with Gasteiger partial charge < -0.3 is 14.4 Å². The largest absolute Gasteiger partial charge is 0.446 e. The number of morpholine rings is 1. The fraction of sp³-hybridized carbons (Fsp3) is 0.909. The summed E-state index contributed by atoms with van der Waals surface area (Å²) in [6.07, 6.45) is 5.83. The molecule has 2 bridgehead atoms. The number of fused-ring (bicyclic) bond motifs is 2. The summed E-state index contributed by atoms with van der Waals surface area (Å²) in [6.45, 7) is 1.43. The van der Waals surface area contributed by atoms with Crippen molar-refractivity contribution in [3.63, 3.8) is 0 Å². The Morgan fingerprint density at radius 1 is 1.33 bits per heavy atom. The molecule has 0 aromatic carbocycles. The predicted octanol–water partition coefficient (Wildman–Crippen LogP) is 1.54. The Hall–Kier alpha value is -0.770. The van der Waals surface area contributed by atoms with Crippen molar-refractivity contribution >= 4 is 6.09 Å². The van der Waals surface area contributed by atoms with E-state index >= 15 is 0 Å². The molecule has 0 aromatic rings. The summed E-state index contributed by atoms with van der Waals surface area (Å²) >= 11 is 0. The van der Waals surface area contributed by atoms with E-state index in [0.717, 1.165) is 25.8 Å². The van der Waals surface area contributed by atoms with Gasteiger partial charge in [0.1, 0.15) is 6.10 Å². The van der Waals surface area contributed by atoms with Crippen LogP contribution in [0.4, 0.5) is 4.79 Å². The SMILES string of the molecule is O=C(OC1CCCC1)N1CC2CC1CO2. The number of amides is 1. The number of likely N-dealkylation sites (tertiary alicyclic amines) is 1. The maximum absolute atomic E-state index is 11.8.